The number of aromatic nitrogens is 1. The van der Waals surface area contributed by atoms with Crippen molar-refractivity contribution in [3.05, 3.63) is 47.5 Å². The topological polar surface area (TPSA) is 47.7 Å². The largest absolute Gasteiger partial charge is 0.471 e. The highest BCUT2D eigenvalue weighted by Crippen LogP contribution is 2.29. The standard InChI is InChI=1S/C17H19F3N2O3/c1-12-2-4-14(24-12)9-22-6-7-23-11-15(10-22)25-16-5-3-13(8-21-16)17(18,19)20/h2-5,8,15H,6-7,9-11H2,1H3/t15-/m1/s1. The van der Waals surface area contributed by atoms with E-state index in [0.717, 1.165) is 30.3 Å². The third-order valence-corrected chi connectivity index (χ3v) is 3.84. The molecule has 2 aromatic heterocycles. The Balaban J connectivity index is 1.61. The molecule has 0 aromatic carbocycles. The molecule has 136 valence electrons. The van der Waals surface area contributed by atoms with Crippen molar-refractivity contribution in [1.29, 1.82) is 0 Å². The smallest absolute Gasteiger partial charge is 0.417 e. The van der Waals surface area contributed by atoms with Crippen molar-refractivity contribution in [3.63, 3.8) is 0 Å². The SMILES string of the molecule is Cc1ccc(CN2CCOC[C@H](Oc3ccc(C(F)(F)F)cn3)C2)o1. The van der Waals surface area contributed by atoms with Gasteiger partial charge in [-0.05, 0) is 25.1 Å². The van der Waals surface area contributed by atoms with Gasteiger partial charge in [-0.2, -0.15) is 13.2 Å². The van der Waals surface area contributed by atoms with Crippen molar-refractivity contribution < 1.29 is 27.1 Å². The Bertz CT molecular complexity index is 685. The summed E-state index contributed by atoms with van der Waals surface area (Å²) in [4.78, 5) is 5.87. The Morgan fingerprint density at radius 1 is 1.28 bits per heavy atom. The lowest BCUT2D eigenvalue weighted by Gasteiger charge is -2.22. The van der Waals surface area contributed by atoms with Gasteiger partial charge in [-0.1, -0.05) is 0 Å². The van der Waals surface area contributed by atoms with E-state index >= 15 is 0 Å². The van der Waals surface area contributed by atoms with Gasteiger partial charge in [0.2, 0.25) is 5.88 Å². The van der Waals surface area contributed by atoms with Crippen LogP contribution in [0.15, 0.2) is 34.9 Å². The number of nitrogens with zero attached hydrogens (tertiary/aromatic N) is 2. The van der Waals surface area contributed by atoms with E-state index in [-0.39, 0.29) is 12.0 Å². The van der Waals surface area contributed by atoms with Gasteiger partial charge >= 0.3 is 6.18 Å². The normalized spacial score (nSPS) is 19.6. The minimum Gasteiger partial charge on any atom is -0.471 e. The Labute approximate surface area is 143 Å². The Kier molecular flexibility index (Phi) is 5.29. The molecule has 0 unspecified atom stereocenters. The van der Waals surface area contributed by atoms with E-state index in [4.69, 9.17) is 13.9 Å². The predicted molar refractivity (Wildman–Crippen MR) is 83.2 cm³/mol. The van der Waals surface area contributed by atoms with E-state index in [1.54, 1.807) is 0 Å². The van der Waals surface area contributed by atoms with Crippen LogP contribution in [0.1, 0.15) is 17.1 Å². The highest BCUT2D eigenvalue weighted by atomic mass is 19.4. The van der Waals surface area contributed by atoms with Crippen LogP contribution in [0.5, 0.6) is 5.88 Å². The minimum absolute atomic E-state index is 0.150. The van der Waals surface area contributed by atoms with Gasteiger partial charge in [0.1, 0.15) is 17.6 Å². The molecule has 5 nitrogen and oxygen atoms in total. The van der Waals surface area contributed by atoms with Crippen LogP contribution < -0.4 is 4.74 Å². The lowest BCUT2D eigenvalue weighted by atomic mass is 10.3. The number of alkyl halides is 3. The van der Waals surface area contributed by atoms with Crippen LogP contribution in [-0.4, -0.2) is 42.3 Å². The van der Waals surface area contributed by atoms with Crippen LogP contribution in [0.3, 0.4) is 0 Å². The number of ether oxygens (including phenoxy) is 2. The Morgan fingerprint density at radius 3 is 2.76 bits per heavy atom. The van der Waals surface area contributed by atoms with E-state index in [0.29, 0.717) is 26.3 Å². The molecule has 3 heterocycles. The number of pyridine rings is 1. The number of aryl methyl sites for hydroxylation is 1. The van der Waals surface area contributed by atoms with Gasteiger partial charge in [-0.25, -0.2) is 4.98 Å². The summed E-state index contributed by atoms with van der Waals surface area (Å²) in [5, 5.41) is 0. The van der Waals surface area contributed by atoms with Crippen molar-refractivity contribution in [2.24, 2.45) is 0 Å². The molecule has 3 rings (SSSR count). The van der Waals surface area contributed by atoms with Crippen molar-refractivity contribution >= 4 is 0 Å². The van der Waals surface area contributed by atoms with E-state index in [2.05, 4.69) is 9.88 Å². The van der Waals surface area contributed by atoms with Gasteiger partial charge in [-0.15, -0.1) is 0 Å². The maximum absolute atomic E-state index is 12.6. The molecule has 1 fully saturated rings. The molecule has 1 aliphatic rings. The highest BCUT2D eigenvalue weighted by Gasteiger charge is 2.31. The molecular weight excluding hydrogens is 337 g/mol. The fourth-order valence-electron chi connectivity index (χ4n) is 2.63. The van der Waals surface area contributed by atoms with Gasteiger partial charge < -0.3 is 13.9 Å². The quantitative estimate of drug-likeness (QED) is 0.841. The zero-order chi connectivity index (χ0) is 17.9. The van der Waals surface area contributed by atoms with Crippen LogP contribution in [0.4, 0.5) is 13.2 Å². The summed E-state index contributed by atoms with van der Waals surface area (Å²) < 4.78 is 54.5. The molecule has 8 heteroatoms. The maximum atomic E-state index is 12.6. The molecule has 1 saturated heterocycles. The van der Waals surface area contributed by atoms with E-state index in [9.17, 15) is 13.2 Å². The Hall–Kier alpha value is -2.06. The van der Waals surface area contributed by atoms with Crippen LogP contribution in [-0.2, 0) is 17.5 Å². The molecular formula is C17H19F3N2O3. The van der Waals surface area contributed by atoms with Crippen molar-refractivity contribution in [2.75, 3.05) is 26.3 Å². The zero-order valence-corrected chi connectivity index (χ0v) is 13.8. The first-order chi connectivity index (χ1) is 11.9. The van der Waals surface area contributed by atoms with Gasteiger partial charge in [0.25, 0.3) is 0 Å². The average molecular weight is 356 g/mol. The fraction of sp³-hybridized carbons (Fsp3) is 0.471. The molecule has 2 aromatic rings. The molecule has 1 aliphatic heterocycles. The van der Waals surface area contributed by atoms with E-state index in [1.807, 2.05) is 19.1 Å². The van der Waals surface area contributed by atoms with Crippen LogP contribution in [0, 0.1) is 6.92 Å². The average Bonchev–Trinajstić information content (AvgIpc) is 2.83. The highest BCUT2D eigenvalue weighted by molar-refractivity contribution is 5.20. The monoisotopic (exact) mass is 356 g/mol. The maximum Gasteiger partial charge on any atom is 0.417 e. The predicted octanol–water partition coefficient (Wildman–Crippen LogP) is 3.28. The number of rotatable bonds is 4. The third kappa shape index (κ3) is 4.96. The first-order valence-electron chi connectivity index (χ1n) is 7.95. The molecule has 0 spiro atoms. The number of halogens is 3. The third-order valence-electron chi connectivity index (χ3n) is 3.84. The first kappa shape index (κ1) is 17.8. The minimum atomic E-state index is -4.41. The van der Waals surface area contributed by atoms with Crippen molar-refractivity contribution in [3.8, 4) is 5.88 Å². The molecule has 25 heavy (non-hydrogen) atoms. The second-order valence-electron chi connectivity index (χ2n) is 5.95. The summed E-state index contributed by atoms with van der Waals surface area (Å²) >= 11 is 0. The molecule has 0 aliphatic carbocycles. The number of hydrogen-bond donors (Lipinski definition) is 0. The second kappa shape index (κ2) is 7.45. The van der Waals surface area contributed by atoms with Gasteiger partial charge in [-0.3, -0.25) is 4.90 Å². The van der Waals surface area contributed by atoms with E-state index in [1.165, 1.54) is 6.07 Å². The summed E-state index contributed by atoms with van der Waals surface area (Å²) in [5.74, 6) is 1.85. The van der Waals surface area contributed by atoms with E-state index < -0.39 is 11.7 Å². The molecule has 0 bridgehead atoms. The molecule has 1 atom stereocenters. The summed E-state index contributed by atoms with van der Waals surface area (Å²) in [6.45, 7) is 4.72. The fourth-order valence-corrected chi connectivity index (χ4v) is 2.63. The van der Waals surface area contributed by atoms with Crippen LogP contribution >= 0.6 is 0 Å². The van der Waals surface area contributed by atoms with Crippen molar-refractivity contribution in [2.45, 2.75) is 25.7 Å². The van der Waals surface area contributed by atoms with Gasteiger partial charge in [0.05, 0.1) is 25.3 Å². The molecule has 0 saturated carbocycles. The molecule has 0 N–H and O–H groups in total. The zero-order valence-electron chi connectivity index (χ0n) is 13.8. The van der Waals surface area contributed by atoms with Gasteiger partial charge in [0.15, 0.2) is 0 Å². The summed E-state index contributed by atoms with van der Waals surface area (Å²) in [6.07, 6.45) is -3.95. The summed E-state index contributed by atoms with van der Waals surface area (Å²) in [6, 6.07) is 6.02. The van der Waals surface area contributed by atoms with Crippen LogP contribution in [0.2, 0.25) is 0 Å². The summed E-state index contributed by atoms with van der Waals surface area (Å²) in [7, 11) is 0. The van der Waals surface area contributed by atoms with Crippen molar-refractivity contribution in [1.82, 2.24) is 9.88 Å². The molecule has 0 radical (unpaired) electrons. The molecule has 0 amide bonds. The lowest BCUT2D eigenvalue weighted by molar-refractivity contribution is -0.137. The van der Waals surface area contributed by atoms with Gasteiger partial charge in [0, 0.05) is 25.4 Å². The summed E-state index contributed by atoms with van der Waals surface area (Å²) in [5.41, 5.74) is -0.799. The first-order valence-corrected chi connectivity index (χ1v) is 7.95. The Morgan fingerprint density at radius 2 is 2.12 bits per heavy atom. The van der Waals surface area contributed by atoms with Crippen LogP contribution in [0.25, 0.3) is 0 Å². The second-order valence-corrected chi connectivity index (χ2v) is 5.95. The number of furan rings is 1. The lowest BCUT2D eigenvalue weighted by Crippen LogP contribution is -2.35. The number of hydrogen-bond acceptors (Lipinski definition) is 5.